The lowest BCUT2D eigenvalue weighted by atomic mass is 9.94. The molecule has 0 aromatic heterocycles. The summed E-state index contributed by atoms with van der Waals surface area (Å²) in [4.78, 5) is 16.2. The van der Waals surface area contributed by atoms with Crippen molar-refractivity contribution in [1.82, 2.24) is 0 Å². The molecule has 1 aromatic carbocycles. The molecule has 2 atom stereocenters. The maximum atomic E-state index is 11.2. The zero-order valence-corrected chi connectivity index (χ0v) is 10.4. The highest BCUT2D eigenvalue weighted by atomic mass is 16.7. The summed E-state index contributed by atoms with van der Waals surface area (Å²) in [7, 11) is 0. The molecule has 18 heavy (non-hydrogen) atoms. The third-order valence-corrected chi connectivity index (χ3v) is 2.92. The second-order valence-corrected chi connectivity index (χ2v) is 4.85. The van der Waals surface area contributed by atoms with E-state index in [-0.39, 0.29) is 4.92 Å². The molecule has 96 valence electrons. The topological polar surface area (TPSA) is 64.7 Å². The minimum atomic E-state index is -0.866. The van der Waals surface area contributed by atoms with Crippen molar-refractivity contribution >= 4 is 5.71 Å². The van der Waals surface area contributed by atoms with Crippen LogP contribution in [0.1, 0.15) is 25.8 Å². The van der Waals surface area contributed by atoms with Gasteiger partial charge in [0.15, 0.2) is 5.71 Å². The van der Waals surface area contributed by atoms with Crippen LogP contribution in [0.4, 0.5) is 0 Å². The van der Waals surface area contributed by atoms with Crippen molar-refractivity contribution in [2.45, 2.75) is 32.4 Å². The summed E-state index contributed by atoms with van der Waals surface area (Å²) < 4.78 is 0. The molecular weight excluding hydrogens is 232 g/mol. The van der Waals surface area contributed by atoms with E-state index in [4.69, 9.17) is 4.84 Å². The first-order valence-corrected chi connectivity index (χ1v) is 6.02. The Morgan fingerprint density at radius 3 is 2.61 bits per heavy atom. The average molecular weight is 248 g/mol. The fourth-order valence-corrected chi connectivity index (χ4v) is 2.12. The fourth-order valence-electron chi connectivity index (χ4n) is 2.12. The van der Waals surface area contributed by atoms with Gasteiger partial charge in [0.25, 0.3) is 6.04 Å². The van der Waals surface area contributed by atoms with Crippen molar-refractivity contribution in [3.8, 4) is 0 Å². The number of rotatable bonds is 4. The van der Waals surface area contributed by atoms with Gasteiger partial charge in [-0.2, -0.15) is 0 Å². The van der Waals surface area contributed by atoms with Crippen LogP contribution in [-0.4, -0.2) is 22.8 Å². The maximum Gasteiger partial charge on any atom is 0.297 e. The SMILES string of the molecule is CC(C)CC1ON=C(c2ccccc2)C1[N+](=O)[O-]. The minimum Gasteiger partial charge on any atom is -0.384 e. The van der Waals surface area contributed by atoms with Crippen molar-refractivity contribution in [1.29, 1.82) is 0 Å². The van der Waals surface area contributed by atoms with E-state index in [9.17, 15) is 10.1 Å². The molecule has 1 aromatic rings. The number of hydrogen-bond donors (Lipinski definition) is 0. The van der Waals surface area contributed by atoms with Gasteiger partial charge < -0.3 is 4.84 Å². The van der Waals surface area contributed by atoms with Gasteiger partial charge >= 0.3 is 0 Å². The second kappa shape index (κ2) is 5.16. The lowest BCUT2D eigenvalue weighted by molar-refractivity contribution is -0.511. The summed E-state index contributed by atoms with van der Waals surface area (Å²) in [5, 5.41) is 15.1. The molecule has 0 fully saturated rings. The van der Waals surface area contributed by atoms with Crippen LogP contribution < -0.4 is 0 Å². The molecule has 0 bridgehead atoms. The number of benzene rings is 1. The molecule has 0 aliphatic carbocycles. The zero-order valence-electron chi connectivity index (χ0n) is 10.4. The normalized spacial score (nSPS) is 22.7. The highest BCUT2D eigenvalue weighted by molar-refractivity contribution is 6.04. The van der Waals surface area contributed by atoms with Gasteiger partial charge in [0.05, 0.1) is 0 Å². The number of nitrogens with zero attached hydrogens (tertiary/aromatic N) is 2. The van der Waals surface area contributed by atoms with E-state index in [0.717, 1.165) is 5.56 Å². The Morgan fingerprint density at radius 2 is 2.06 bits per heavy atom. The molecule has 0 N–H and O–H groups in total. The Balaban J connectivity index is 2.24. The third kappa shape index (κ3) is 2.50. The van der Waals surface area contributed by atoms with Gasteiger partial charge in [-0.05, 0) is 12.3 Å². The standard InChI is InChI=1S/C13H16N2O3/c1-9(2)8-11-13(15(16)17)12(14-18-11)10-6-4-3-5-7-10/h3-7,9,11,13H,8H2,1-2H3. The molecule has 0 saturated carbocycles. The van der Waals surface area contributed by atoms with Gasteiger partial charge in [0, 0.05) is 10.5 Å². The number of nitro groups is 1. The fraction of sp³-hybridized carbons (Fsp3) is 0.462. The van der Waals surface area contributed by atoms with Crippen LogP contribution in [0, 0.1) is 16.0 Å². The summed E-state index contributed by atoms with van der Waals surface area (Å²) in [6.45, 7) is 4.03. The van der Waals surface area contributed by atoms with Gasteiger partial charge in [-0.1, -0.05) is 49.3 Å². The van der Waals surface area contributed by atoms with Gasteiger partial charge in [-0.15, -0.1) is 0 Å². The van der Waals surface area contributed by atoms with Gasteiger partial charge in [-0.3, -0.25) is 10.1 Å². The van der Waals surface area contributed by atoms with Gasteiger partial charge in [0.2, 0.25) is 6.10 Å². The number of oxime groups is 1. The zero-order chi connectivity index (χ0) is 13.1. The Morgan fingerprint density at radius 1 is 1.39 bits per heavy atom. The predicted molar refractivity (Wildman–Crippen MR) is 68.1 cm³/mol. The lowest BCUT2D eigenvalue weighted by Gasteiger charge is -2.14. The van der Waals surface area contributed by atoms with Crippen molar-refractivity contribution in [2.75, 3.05) is 0 Å². The highest BCUT2D eigenvalue weighted by Crippen LogP contribution is 2.24. The summed E-state index contributed by atoms with van der Waals surface area (Å²) in [5.74, 6) is 0.336. The van der Waals surface area contributed by atoms with Crippen LogP contribution in [0.25, 0.3) is 0 Å². The molecule has 2 unspecified atom stereocenters. The van der Waals surface area contributed by atoms with Crippen LogP contribution in [-0.2, 0) is 4.84 Å². The third-order valence-electron chi connectivity index (χ3n) is 2.92. The molecule has 0 spiro atoms. The second-order valence-electron chi connectivity index (χ2n) is 4.85. The van der Waals surface area contributed by atoms with Gasteiger partial charge in [0.1, 0.15) is 0 Å². The van der Waals surface area contributed by atoms with E-state index in [1.54, 1.807) is 0 Å². The first-order chi connectivity index (χ1) is 8.59. The monoisotopic (exact) mass is 248 g/mol. The Bertz CT molecular complexity index is 457. The van der Waals surface area contributed by atoms with Crippen LogP contribution >= 0.6 is 0 Å². The summed E-state index contributed by atoms with van der Waals surface area (Å²) in [5.41, 5.74) is 1.18. The van der Waals surface area contributed by atoms with Crippen LogP contribution in [0.15, 0.2) is 35.5 Å². The average Bonchev–Trinajstić information content (AvgIpc) is 2.73. The maximum absolute atomic E-state index is 11.2. The van der Waals surface area contributed by atoms with E-state index in [2.05, 4.69) is 5.16 Å². The minimum absolute atomic E-state index is 0.300. The van der Waals surface area contributed by atoms with E-state index in [1.807, 2.05) is 44.2 Å². The Labute approximate surface area is 106 Å². The van der Waals surface area contributed by atoms with E-state index in [1.165, 1.54) is 0 Å². The van der Waals surface area contributed by atoms with Crippen molar-refractivity contribution < 1.29 is 9.76 Å². The molecule has 1 aliphatic rings. The molecule has 2 rings (SSSR count). The van der Waals surface area contributed by atoms with E-state index >= 15 is 0 Å². The smallest absolute Gasteiger partial charge is 0.297 e. The van der Waals surface area contributed by atoms with Crippen LogP contribution in [0.2, 0.25) is 0 Å². The lowest BCUT2D eigenvalue weighted by Crippen LogP contribution is -2.38. The van der Waals surface area contributed by atoms with Gasteiger partial charge in [-0.25, -0.2) is 0 Å². The van der Waals surface area contributed by atoms with Crippen molar-refractivity contribution in [2.24, 2.45) is 11.1 Å². The van der Waals surface area contributed by atoms with Crippen LogP contribution in [0.3, 0.4) is 0 Å². The predicted octanol–water partition coefficient (Wildman–Crippen LogP) is 2.48. The van der Waals surface area contributed by atoms with Crippen LogP contribution in [0.5, 0.6) is 0 Å². The molecule has 0 saturated heterocycles. The first kappa shape index (κ1) is 12.5. The Hall–Kier alpha value is -1.91. The molecule has 0 radical (unpaired) electrons. The molecule has 5 nitrogen and oxygen atoms in total. The highest BCUT2D eigenvalue weighted by Gasteiger charge is 2.44. The summed E-state index contributed by atoms with van der Waals surface area (Å²) in [6.07, 6.45) is 0.168. The largest absolute Gasteiger partial charge is 0.384 e. The summed E-state index contributed by atoms with van der Waals surface area (Å²) in [6, 6.07) is 8.31. The first-order valence-electron chi connectivity index (χ1n) is 6.02. The Kier molecular flexibility index (Phi) is 3.60. The van der Waals surface area contributed by atoms with E-state index < -0.39 is 12.1 Å². The molecular formula is C13H16N2O3. The van der Waals surface area contributed by atoms with E-state index in [0.29, 0.717) is 18.1 Å². The quantitative estimate of drug-likeness (QED) is 0.607. The number of hydrogen-bond acceptors (Lipinski definition) is 4. The van der Waals surface area contributed by atoms with Crippen molar-refractivity contribution in [3.63, 3.8) is 0 Å². The molecule has 5 heteroatoms. The molecule has 1 heterocycles. The van der Waals surface area contributed by atoms with Crippen molar-refractivity contribution in [3.05, 3.63) is 46.0 Å². The summed E-state index contributed by atoms with van der Waals surface area (Å²) >= 11 is 0. The molecule has 1 aliphatic heterocycles. The molecule has 0 amide bonds.